The first-order valence-electron chi connectivity index (χ1n) is 6.99. The van der Waals surface area contributed by atoms with Gasteiger partial charge in [-0.25, -0.2) is 4.98 Å². The molecule has 21 heavy (non-hydrogen) atoms. The van der Waals surface area contributed by atoms with Crippen molar-refractivity contribution in [3.63, 3.8) is 0 Å². The number of aromatic nitrogens is 4. The van der Waals surface area contributed by atoms with Gasteiger partial charge in [-0.05, 0) is 19.5 Å². The van der Waals surface area contributed by atoms with Crippen LogP contribution in [0.3, 0.4) is 0 Å². The average molecular weight is 281 g/mol. The van der Waals surface area contributed by atoms with Gasteiger partial charge in [-0.2, -0.15) is 5.10 Å². The van der Waals surface area contributed by atoms with Crippen LogP contribution >= 0.6 is 0 Å². The first-order valence-corrected chi connectivity index (χ1v) is 6.99. The molecule has 2 aromatic heterocycles. The van der Waals surface area contributed by atoms with Gasteiger partial charge in [0.2, 0.25) is 0 Å². The molecule has 1 aromatic carbocycles. The van der Waals surface area contributed by atoms with Crippen LogP contribution in [0.2, 0.25) is 0 Å². The summed E-state index contributed by atoms with van der Waals surface area (Å²) in [5, 5.41) is 7.29. The zero-order chi connectivity index (χ0) is 14.7. The van der Waals surface area contributed by atoms with Crippen molar-refractivity contribution in [2.24, 2.45) is 0 Å². The van der Waals surface area contributed by atoms with E-state index in [-0.39, 0.29) is 0 Å². The number of imidazole rings is 1. The molecule has 0 bridgehead atoms. The summed E-state index contributed by atoms with van der Waals surface area (Å²) in [7, 11) is 2.09. The molecule has 0 saturated carbocycles. The lowest BCUT2D eigenvalue weighted by atomic mass is 10.1. The number of H-pyrrole nitrogens is 2. The highest BCUT2D eigenvalue weighted by Gasteiger charge is 2.11. The number of rotatable bonds is 5. The molecule has 0 aliphatic rings. The monoisotopic (exact) mass is 281 g/mol. The first kappa shape index (κ1) is 13.6. The predicted molar refractivity (Wildman–Crippen MR) is 82.5 cm³/mol. The van der Waals surface area contributed by atoms with Gasteiger partial charge in [0.05, 0.1) is 23.9 Å². The van der Waals surface area contributed by atoms with Crippen LogP contribution in [-0.4, -0.2) is 32.1 Å². The summed E-state index contributed by atoms with van der Waals surface area (Å²) in [6.45, 7) is 3.69. The van der Waals surface area contributed by atoms with Gasteiger partial charge in [0.15, 0.2) is 0 Å². The third-order valence-electron chi connectivity index (χ3n) is 3.57. The molecule has 0 amide bonds. The van der Waals surface area contributed by atoms with E-state index < -0.39 is 0 Å². The fourth-order valence-electron chi connectivity index (χ4n) is 2.43. The van der Waals surface area contributed by atoms with Crippen molar-refractivity contribution in [3.8, 4) is 11.3 Å². The molecule has 0 radical (unpaired) electrons. The Morgan fingerprint density at radius 1 is 1.14 bits per heavy atom. The van der Waals surface area contributed by atoms with Gasteiger partial charge < -0.3 is 4.98 Å². The number of hydrogen-bond acceptors (Lipinski definition) is 3. The van der Waals surface area contributed by atoms with E-state index >= 15 is 0 Å². The molecule has 0 fully saturated rings. The molecule has 0 aliphatic heterocycles. The van der Waals surface area contributed by atoms with Crippen molar-refractivity contribution >= 4 is 0 Å². The van der Waals surface area contributed by atoms with E-state index in [9.17, 15) is 0 Å². The SMILES string of the molecule is Cc1[nH]cnc1CN(C)Cc1cn[nH]c1-c1ccccc1. The molecule has 3 aromatic rings. The molecule has 0 spiro atoms. The van der Waals surface area contributed by atoms with Crippen molar-refractivity contribution in [2.75, 3.05) is 7.05 Å². The van der Waals surface area contributed by atoms with Crippen molar-refractivity contribution in [3.05, 3.63) is 59.8 Å². The van der Waals surface area contributed by atoms with Crippen LogP contribution in [0.4, 0.5) is 0 Å². The molecule has 3 rings (SSSR count). The molecule has 5 heteroatoms. The highest BCUT2D eigenvalue weighted by molar-refractivity contribution is 5.62. The van der Waals surface area contributed by atoms with E-state index in [1.807, 2.05) is 31.3 Å². The Labute approximate surface area is 124 Å². The number of aryl methyl sites for hydroxylation is 1. The minimum Gasteiger partial charge on any atom is -0.348 e. The fraction of sp³-hybridized carbons (Fsp3) is 0.250. The van der Waals surface area contributed by atoms with E-state index in [1.54, 1.807) is 6.33 Å². The fourth-order valence-corrected chi connectivity index (χ4v) is 2.43. The molecular formula is C16H19N5. The van der Waals surface area contributed by atoms with Crippen LogP contribution in [0.5, 0.6) is 0 Å². The summed E-state index contributed by atoms with van der Waals surface area (Å²) in [4.78, 5) is 9.70. The second kappa shape index (κ2) is 5.93. The van der Waals surface area contributed by atoms with Gasteiger partial charge in [0.25, 0.3) is 0 Å². The molecular weight excluding hydrogens is 262 g/mol. The van der Waals surface area contributed by atoms with Gasteiger partial charge in [-0.15, -0.1) is 0 Å². The first-order chi connectivity index (χ1) is 10.2. The molecule has 0 unspecified atom stereocenters. The second-order valence-electron chi connectivity index (χ2n) is 5.28. The normalized spacial score (nSPS) is 11.2. The molecule has 2 N–H and O–H groups in total. The summed E-state index contributed by atoms with van der Waals surface area (Å²) in [5.74, 6) is 0. The Morgan fingerprint density at radius 3 is 2.67 bits per heavy atom. The summed E-state index contributed by atoms with van der Waals surface area (Å²) in [6.07, 6.45) is 3.64. The van der Waals surface area contributed by atoms with Gasteiger partial charge in [0, 0.05) is 24.3 Å². The quantitative estimate of drug-likeness (QED) is 0.756. The number of aromatic amines is 2. The van der Waals surface area contributed by atoms with Crippen LogP contribution in [0.15, 0.2) is 42.9 Å². The Balaban J connectivity index is 1.74. The minimum absolute atomic E-state index is 0.814. The Bertz CT molecular complexity index is 698. The summed E-state index contributed by atoms with van der Waals surface area (Å²) < 4.78 is 0. The number of benzene rings is 1. The highest BCUT2D eigenvalue weighted by atomic mass is 15.1. The highest BCUT2D eigenvalue weighted by Crippen LogP contribution is 2.22. The minimum atomic E-state index is 0.814. The van der Waals surface area contributed by atoms with Crippen LogP contribution < -0.4 is 0 Å². The maximum atomic E-state index is 4.34. The Morgan fingerprint density at radius 2 is 1.95 bits per heavy atom. The van der Waals surface area contributed by atoms with Crippen molar-refractivity contribution in [2.45, 2.75) is 20.0 Å². The van der Waals surface area contributed by atoms with Crippen LogP contribution in [0, 0.1) is 6.92 Å². The van der Waals surface area contributed by atoms with Gasteiger partial charge in [-0.1, -0.05) is 30.3 Å². The Kier molecular flexibility index (Phi) is 3.83. The molecule has 2 heterocycles. The van der Waals surface area contributed by atoms with E-state index in [4.69, 9.17) is 0 Å². The number of nitrogens with zero attached hydrogens (tertiary/aromatic N) is 3. The zero-order valence-electron chi connectivity index (χ0n) is 12.3. The average Bonchev–Trinajstić information content (AvgIpc) is 3.10. The van der Waals surface area contributed by atoms with Crippen LogP contribution in [0.1, 0.15) is 17.0 Å². The summed E-state index contributed by atoms with van der Waals surface area (Å²) in [6, 6.07) is 10.3. The van der Waals surface area contributed by atoms with Gasteiger partial charge in [-0.3, -0.25) is 10.00 Å². The molecule has 0 atom stereocenters. The smallest absolute Gasteiger partial charge is 0.0925 e. The van der Waals surface area contributed by atoms with Gasteiger partial charge >= 0.3 is 0 Å². The van der Waals surface area contributed by atoms with Gasteiger partial charge in [0.1, 0.15) is 0 Å². The predicted octanol–water partition coefficient (Wildman–Crippen LogP) is 2.74. The van der Waals surface area contributed by atoms with Crippen molar-refractivity contribution < 1.29 is 0 Å². The van der Waals surface area contributed by atoms with E-state index in [0.29, 0.717) is 0 Å². The largest absolute Gasteiger partial charge is 0.348 e. The molecule has 0 saturated heterocycles. The lowest BCUT2D eigenvalue weighted by molar-refractivity contribution is 0.315. The lowest BCUT2D eigenvalue weighted by Crippen LogP contribution is -2.18. The molecule has 0 aliphatic carbocycles. The molecule has 108 valence electrons. The maximum absolute atomic E-state index is 4.34. The third-order valence-corrected chi connectivity index (χ3v) is 3.57. The van der Waals surface area contributed by atoms with Crippen molar-refractivity contribution in [1.29, 1.82) is 0 Å². The summed E-state index contributed by atoms with van der Waals surface area (Å²) >= 11 is 0. The van der Waals surface area contributed by atoms with E-state index in [1.165, 1.54) is 5.56 Å². The Hall–Kier alpha value is -2.40. The standard InChI is InChI=1S/C16H19N5/c1-12-15(18-11-17-12)10-21(2)9-14-8-19-20-16(14)13-6-4-3-5-7-13/h3-8,11H,9-10H2,1-2H3,(H,17,18)(H,19,20). The maximum Gasteiger partial charge on any atom is 0.0925 e. The van der Waals surface area contributed by atoms with Crippen LogP contribution in [-0.2, 0) is 13.1 Å². The van der Waals surface area contributed by atoms with E-state index in [0.717, 1.165) is 35.7 Å². The van der Waals surface area contributed by atoms with E-state index in [2.05, 4.69) is 44.2 Å². The second-order valence-corrected chi connectivity index (χ2v) is 5.28. The summed E-state index contributed by atoms with van der Waals surface area (Å²) in [5.41, 5.74) is 5.65. The van der Waals surface area contributed by atoms with Crippen molar-refractivity contribution in [1.82, 2.24) is 25.1 Å². The van der Waals surface area contributed by atoms with Crippen LogP contribution in [0.25, 0.3) is 11.3 Å². The lowest BCUT2D eigenvalue weighted by Gasteiger charge is -2.15. The third kappa shape index (κ3) is 3.03. The number of nitrogens with one attached hydrogen (secondary N) is 2. The molecule has 5 nitrogen and oxygen atoms in total. The number of hydrogen-bond donors (Lipinski definition) is 2. The topological polar surface area (TPSA) is 60.6 Å². The zero-order valence-corrected chi connectivity index (χ0v) is 12.3.